The fourth-order valence-electron chi connectivity index (χ4n) is 3.99. The lowest BCUT2D eigenvalue weighted by atomic mass is 10.0. The average molecular weight is 492 g/mol. The van der Waals surface area contributed by atoms with Crippen molar-refractivity contribution in [1.29, 1.82) is 0 Å². The van der Waals surface area contributed by atoms with Crippen molar-refractivity contribution >= 4 is 45.5 Å². The van der Waals surface area contributed by atoms with E-state index in [1.807, 2.05) is 26.8 Å². The monoisotopic (exact) mass is 491 g/mol. The molecule has 5 rings (SSSR count). The third-order valence-electron chi connectivity index (χ3n) is 5.68. The number of H-pyrrole nitrogens is 1. The lowest BCUT2D eigenvalue weighted by Gasteiger charge is -2.30. The summed E-state index contributed by atoms with van der Waals surface area (Å²) in [5, 5.41) is 7.14. The molecule has 35 heavy (non-hydrogen) atoms. The van der Waals surface area contributed by atoms with Crippen LogP contribution in [0.1, 0.15) is 32.9 Å². The van der Waals surface area contributed by atoms with Crippen LogP contribution in [0.2, 0.25) is 0 Å². The summed E-state index contributed by atoms with van der Waals surface area (Å²) in [6.45, 7) is 7.09. The first-order valence-electron chi connectivity index (χ1n) is 11.3. The number of carbonyl (C=O) groups is 1. The highest BCUT2D eigenvalue weighted by atomic mass is 32.1. The largest absolute Gasteiger partial charge is 0.340 e. The van der Waals surface area contributed by atoms with Gasteiger partial charge in [-0.3, -0.25) is 4.98 Å². The number of amides is 2. The van der Waals surface area contributed by atoms with E-state index in [1.54, 1.807) is 28.7 Å². The first kappa shape index (κ1) is 23.0. The van der Waals surface area contributed by atoms with Gasteiger partial charge in [0.15, 0.2) is 0 Å². The van der Waals surface area contributed by atoms with Gasteiger partial charge in [-0.25, -0.2) is 19.2 Å². The molecule has 0 unspecified atom stereocenters. The molecule has 8 nitrogen and oxygen atoms in total. The highest BCUT2D eigenvalue weighted by Gasteiger charge is 2.22. The summed E-state index contributed by atoms with van der Waals surface area (Å²) >= 11 is 1.39. The van der Waals surface area contributed by atoms with Gasteiger partial charge in [0, 0.05) is 41.8 Å². The summed E-state index contributed by atoms with van der Waals surface area (Å²) < 4.78 is 14.4. The van der Waals surface area contributed by atoms with Crippen LogP contribution in [-0.4, -0.2) is 49.5 Å². The van der Waals surface area contributed by atoms with E-state index in [1.165, 1.54) is 23.7 Å². The van der Waals surface area contributed by atoms with E-state index in [0.29, 0.717) is 30.1 Å². The van der Waals surface area contributed by atoms with Gasteiger partial charge < -0.3 is 20.5 Å². The van der Waals surface area contributed by atoms with E-state index in [9.17, 15) is 9.18 Å². The van der Waals surface area contributed by atoms with E-state index in [0.717, 1.165) is 33.6 Å². The Balaban J connectivity index is 1.37. The van der Waals surface area contributed by atoms with Crippen molar-refractivity contribution < 1.29 is 9.18 Å². The number of aromatic nitrogens is 4. The van der Waals surface area contributed by atoms with Crippen molar-refractivity contribution in [2.24, 2.45) is 0 Å². The van der Waals surface area contributed by atoms with Gasteiger partial charge in [-0.05, 0) is 57.0 Å². The molecule has 0 saturated heterocycles. The summed E-state index contributed by atoms with van der Waals surface area (Å²) in [6, 6.07) is 6.83. The third-order valence-corrected chi connectivity index (χ3v) is 6.48. The molecule has 4 heterocycles. The van der Waals surface area contributed by atoms with Crippen LogP contribution in [0, 0.1) is 5.82 Å². The van der Waals surface area contributed by atoms with Gasteiger partial charge in [0.25, 0.3) is 0 Å². The summed E-state index contributed by atoms with van der Waals surface area (Å²) in [5.41, 5.74) is 5.40. The Kier molecular flexibility index (Phi) is 5.98. The number of thiazole rings is 1. The zero-order valence-corrected chi connectivity index (χ0v) is 20.5. The minimum absolute atomic E-state index is 0.0567. The topological polar surface area (TPSA) is 98.8 Å². The van der Waals surface area contributed by atoms with Crippen LogP contribution in [0.25, 0.3) is 27.0 Å². The molecule has 2 amide bonds. The number of hydrogen-bond donors (Lipinski definition) is 3. The number of carbonyl (C=O) groups excluding carboxylic acids is 1. The van der Waals surface area contributed by atoms with Crippen molar-refractivity contribution in [3.8, 4) is 10.4 Å². The molecule has 1 aromatic carbocycles. The summed E-state index contributed by atoms with van der Waals surface area (Å²) in [6.07, 6.45) is 5.95. The Hall–Kier alpha value is -3.79. The maximum absolute atomic E-state index is 14.4. The van der Waals surface area contributed by atoms with Crippen LogP contribution in [0.15, 0.2) is 48.4 Å². The van der Waals surface area contributed by atoms with Crippen molar-refractivity contribution in [2.75, 3.05) is 18.4 Å². The van der Waals surface area contributed by atoms with Crippen molar-refractivity contribution in [3.63, 3.8) is 0 Å². The summed E-state index contributed by atoms with van der Waals surface area (Å²) in [5.74, 6) is 0.327. The van der Waals surface area contributed by atoms with Gasteiger partial charge in [-0.1, -0.05) is 6.08 Å². The molecule has 0 spiro atoms. The van der Waals surface area contributed by atoms with E-state index >= 15 is 0 Å². The standard InChI is InChI=1S/C25H26FN7OS/c1-25(2,3)32-24(34)33-8-6-15(7-9-33)20-11-18-22(28-13-29-23(18)31-20)30-16-4-5-19(26)17(10-16)21-12-27-14-35-21/h4-6,10-14H,7-9H2,1-3H3,(H,32,34)(H2,28,29,30,31). The molecule has 0 saturated carbocycles. The van der Waals surface area contributed by atoms with Gasteiger partial charge in [-0.2, -0.15) is 0 Å². The number of nitrogens with zero attached hydrogens (tertiary/aromatic N) is 4. The number of benzene rings is 1. The number of fused-ring (bicyclic) bond motifs is 1. The number of halogens is 1. The molecular formula is C25H26FN7OS. The van der Waals surface area contributed by atoms with Gasteiger partial charge >= 0.3 is 6.03 Å². The van der Waals surface area contributed by atoms with Crippen molar-refractivity contribution in [2.45, 2.75) is 32.7 Å². The van der Waals surface area contributed by atoms with Gasteiger partial charge in [0.2, 0.25) is 0 Å². The number of nitrogens with one attached hydrogen (secondary N) is 3. The van der Waals surface area contributed by atoms with Crippen LogP contribution < -0.4 is 10.6 Å². The Labute approximate surface area is 206 Å². The molecule has 3 N–H and O–H groups in total. The molecule has 0 radical (unpaired) electrons. The molecule has 0 bridgehead atoms. The Morgan fingerprint density at radius 3 is 2.80 bits per heavy atom. The van der Waals surface area contributed by atoms with Crippen LogP contribution >= 0.6 is 11.3 Å². The predicted octanol–water partition coefficient (Wildman–Crippen LogP) is 5.56. The second-order valence-corrected chi connectivity index (χ2v) is 10.3. The second kappa shape index (κ2) is 9.10. The highest BCUT2D eigenvalue weighted by Crippen LogP contribution is 2.32. The summed E-state index contributed by atoms with van der Waals surface area (Å²) in [4.78, 5) is 31.2. The van der Waals surface area contributed by atoms with Gasteiger partial charge in [0.05, 0.1) is 15.8 Å². The first-order chi connectivity index (χ1) is 16.8. The average Bonchev–Trinajstić information content (AvgIpc) is 3.50. The van der Waals surface area contributed by atoms with E-state index in [-0.39, 0.29) is 17.4 Å². The molecule has 1 aliphatic heterocycles. The number of anilines is 2. The number of aromatic amines is 1. The zero-order chi connectivity index (χ0) is 24.6. The smallest absolute Gasteiger partial charge is 0.318 e. The number of hydrogen-bond acceptors (Lipinski definition) is 6. The highest BCUT2D eigenvalue weighted by molar-refractivity contribution is 7.13. The van der Waals surface area contributed by atoms with Crippen LogP contribution in [0.5, 0.6) is 0 Å². The summed E-state index contributed by atoms with van der Waals surface area (Å²) in [7, 11) is 0. The van der Waals surface area contributed by atoms with Gasteiger partial charge in [0.1, 0.15) is 23.6 Å². The predicted molar refractivity (Wildman–Crippen MR) is 137 cm³/mol. The molecular weight excluding hydrogens is 465 g/mol. The zero-order valence-electron chi connectivity index (χ0n) is 19.7. The SMILES string of the molecule is CC(C)(C)NC(=O)N1CC=C(c2cc3c(Nc4ccc(F)c(-c5cncs5)c4)ncnc3[nH]2)CC1. The van der Waals surface area contributed by atoms with Crippen molar-refractivity contribution in [1.82, 2.24) is 30.2 Å². The van der Waals surface area contributed by atoms with Crippen molar-refractivity contribution in [3.05, 3.63) is 59.9 Å². The van der Waals surface area contributed by atoms with E-state index in [4.69, 9.17) is 0 Å². The fourth-order valence-corrected chi connectivity index (χ4v) is 4.63. The normalized spacial score (nSPS) is 14.2. The molecule has 0 atom stereocenters. The van der Waals surface area contributed by atoms with Gasteiger partial charge in [-0.15, -0.1) is 11.3 Å². The molecule has 0 aliphatic carbocycles. The molecule has 1 aliphatic rings. The van der Waals surface area contributed by atoms with Crippen LogP contribution in [-0.2, 0) is 0 Å². The number of urea groups is 1. The molecule has 4 aromatic rings. The lowest BCUT2D eigenvalue weighted by Crippen LogP contribution is -2.49. The third kappa shape index (κ3) is 5.02. The van der Waals surface area contributed by atoms with Crippen LogP contribution in [0.4, 0.5) is 20.7 Å². The molecule has 180 valence electrons. The Morgan fingerprint density at radius 2 is 2.09 bits per heavy atom. The quantitative estimate of drug-likeness (QED) is 0.347. The maximum atomic E-state index is 14.4. The Morgan fingerprint density at radius 1 is 1.23 bits per heavy atom. The molecule has 3 aromatic heterocycles. The molecule has 0 fully saturated rings. The Bertz CT molecular complexity index is 1410. The first-order valence-corrected chi connectivity index (χ1v) is 12.2. The minimum Gasteiger partial charge on any atom is -0.340 e. The maximum Gasteiger partial charge on any atom is 0.318 e. The second-order valence-electron chi connectivity index (χ2n) is 9.46. The fraction of sp³-hybridized carbons (Fsp3) is 0.280. The molecule has 10 heteroatoms. The van der Waals surface area contributed by atoms with Crippen LogP contribution in [0.3, 0.4) is 0 Å². The lowest BCUT2D eigenvalue weighted by molar-refractivity contribution is 0.193. The minimum atomic E-state index is -0.300. The number of rotatable bonds is 4. The van der Waals surface area contributed by atoms with E-state index in [2.05, 4.69) is 36.6 Å². The van der Waals surface area contributed by atoms with E-state index < -0.39 is 0 Å².